The zero-order valence-electron chi connectivity index (χ0n) is 14.1. The predicted molar refractivity (Wildman–Crippen MR) is 96.9 cm³/mol. The quantitative estimate of drug-likeness (QED) is 0.841. The molecule has 0 unspecified atom stereocenters. The summed E-state index contributed by atoms with van der Waals surface area (Å²) in [6.07, 6.45) is 1.09. The first-order valence-electron chi connectivity index (χ1n) is 7.95. The number of nitrogens with one attached hydrogen (secondary N) is 1. The second-order valence-corrected chi connectivity index (χ2v) is 5.72. The van der Waals surface area contributed by atoms with Gasteiger partial charge in [-0.2, -0.15) is 5.10 Å². The van der Waals surface area contributed by atoms with Crippen molar-refractivity contribution in [2.75, 3.05) is 7.11 Å². The molecule has 0 saturated heterocycles. The highest BCUT2D eigenvalue weighted by atomic mass is 16.5. The van der Waals surface area contributed by atoms with Crippen molar-refractivity contribution in [1.29, 1.82) is 0 Å². The first kappa shape index (κ1) is 16.7. The molecule has 25 heavy (non-hydrogen) atoms. The van der Waals surface area contributed by atoms with Crippen molar-refractivity contribution >= 4 is 23.0 Å². The van der Waals surface area contributed by atoms with Gasteiger partial charge in [-0.1, -0.05) is 12.1 Å². The van der Waals surface area contributed by atoms with Crippen LogP contribution in [0.5, 0.6) is 11.5 Å². The fraction of sp³-hybridized carbons (Fsp3) is 0.211. The Bertz CT molecular complexity index is 855. The summed E-state index contributed by atoms with van der Waals surface area (Å²) in [4.78, 5) is 15.7. The molecule has 2 N–H and O–H groups in total. The van der Waals surface area contributed by atoms with E-state index in [9.17, 15) is 9.90 Å². The molecule has 0 aromatic heterocycles. The van der Waals surface area contributed by atoms with Gasteiger partial charge >= 0.3 is 0 Å². The molecular formula is C19H19N3O3. The Hall–Kier alpha value is -3.15. The van der Waals surface area contributed by atoms with Gasteiger partial charge in [-0.3, -0.25) is 9.79 Å². The molecule has 0 radical (unpaired) electrons. The minimum absolute atomic E-state index is 0.0557. The van der Waals surface area contributed by atoms with Crippen LogP contribution in [-0.4, -0.2) is 29.5 Å². The molecule has 1 amide bonds. The highest BCUT2D eigenvalue weighted by molar-refractivity contribution is 6.05. The molecule has 6 nitrogen and oxygen atoms in total. The van der Waals surface area contributed by atoms with Crippen LogP contribution < -0.4 is 10.2 Å². The van der Waals surface area contributed by atoms with Crippen LogP contribution in [0.4, 0.5) is 5.69 Å². The Kier molecular flexibility index (Phi) is 4.79. The molecule has 2 aromatic carbocycles. The summed E-state index contributed by atoms with van der Waals surface area (Å²) in [6, 6.07) is 12.8. The normalized spacial score (nSPS) is 14.7. The van der Waals surface area contributed by atoms with E-state index in [0.717, 1.165) is 17.0 Å². The third-order valence-corrected chi connectivity index (χ3v) is 4.00. The van der Waals surface area contributed by atoms with Crippen molar-refractivity contribution < 1.29 is 14.6 Å². The van der Waals surface area contributed by atoms with E-state index in [4.69, 9.17) is 4.74 Å². The monoisotopic (exact) mass is 337 g/mol. The van der Waals surface area contributed by atoms with E-state index in [1.807, 2.05) is 31.2 Å². The molecule has 0 atom stereocenters. The molecule has 0 bridgehead atoms. The Morgan fingerprint density at radius 2 is 1.96 bits per heavy atom. The minimum Gasteiger partial charge on any atom is -0.507 e. The first-order valence-corrected chi connectivity index (χ1v) is 7.95. The second-order valence-electron chi connectivity index (χ2n) is 5.72. The van der Waals surface area contributed by atoms with E-state index in [-0.39, 0.29) is 11.7 Å². The minimum atomic E-state index is -0.0557. The van der Waals surface area contributed by atoms with Gasteiger partial charge in [-0.05, 0) is 36.8 Å². The number of hydrogen-bond acceptors (Lipinski definition) is 5. The van der Waals surface area contributed by atoms with Gasteiger partial charge in [0.25, 0.3) is 0 Å². The number of aliphatic imine (C=N–C) groups is 1. The van der Waals surface area contributed by atoms with Crippen molar-refractivity contribution in [3.63, 3.8) is 0 Å². The molecule has 0 spiro atoms. The summed E-state index contributed by atoms with van der Waals surface area (Å²) >= 11 is 0. The Morgan fingerprint density at radius 1 is 1.20 bits per heavy atom. The van der Waals surface area contributed by atoms with Gasteiger partial charge < -0.3 is 9.84 Å². The molecule has 3 rings (SSSR count). The van der Waals surface area contributed by atoms with E-state index >= 15 is 0 Å². The summed E-state index contributed by atoms with van der Waals surface area (Å²) in [5.74, 6) is 0.670. The molecule has 128 valence electrons. The summed E-state index contributed by atoms with van der Waals surface area (Å²) < 4.78 is 5.09. The number of methoxy groups -OCH3 is 1. The standard InChI is InChI=1S/C19H19N3O3/c1-12(16-8-7-15(25-2)11-18(16)23)20-14-5-3-13(4-6-14)17-9-10-19(24)22-21-17/h3-8,11,23H,9-10H2,1-2H3,(H,22,24). The average Bonchev–Trinajstić information content (AvgIpc) is 2.63. The van der Waals surface area contributed by atoms with Crippen molar-refractivity contribution in [1.82, 2.24) is 5.43 Å². The van der Waals surface area contributed by atoms with Crippen LogP contribution in [0, 0.1) is 0 Å². The largest absolute Gasteiger partial charge is 0.507 e. The molecule has 2 aromatic rings. The maximum atomic E-state index is 11.2. The van der Waals surface area contributed by atoms with E-state index in [1.54, 1.807) is 25.3 Å². The van der Waals surface area contributed by atoms with Gasteiger partial charge in [0.2, 0.25) is 5.91 Å². The summed E-state index contributed by atoms with van der Waals surface area (Å²) in [5.41, 5.74) is 6.46. The topological polar surface area (TPSA) is 83.3 Å². The Balaban J connectivity index is 1.80. The predicted octanol–water partition coefficient (Wildman–Crippen LogP) is 3.16. The van der Waals surface area contributed by atoms with Gasteiger partial charge in [0.1, 0.15) is 11.5 Å². The molecule has 1 aliphatic heterocycles. The fourth-order valence-corrected chi connectivity index (χ4v) is 2.61. The molecule has 1 heterocycles. The lowest BCUT2D eigenvalue weighted by Crippen LogP contribution is -2.25. The Labute approximate surface area is 145 Å². The van der Waals surface area contributed by atoms with Crippen molar-refractivity contribution in [2.45, 2.75) is 19.8 Å². The van der Waals surface area contributed by atoms with Crippen molar-refractivity contribution in [2.24, 2.45) is 10.1 Å². The maximum Gasteiger partial charge on any atom is 0.240 e. The van der Waals surface area contributed by atoms with Crippen LogP contribution in [0.2, 0.25) is 0 Å². The van der Waals surface area contributed by atoms with Crippen LogP contribution >= 0.6 is 0 Å². The summed E-state index contributed by atoms with van der Waals surface area (Å²) in [5, 5.41) is 14.2. The number of phenolic OH excluding ortho intramolecular Hbond substituents is 1. The van der Waals surface area contributed by atoms with Crippen LogP contribution in [0.1, 0.15) is 30.9 Å². The van der Waals surface area contributed by atoms with Crippen molar-refractivity contribution in [3.8, 4) is 11.5 Å². The molecule has 6 heteroatoms. The number of amides is 1. The lowest BCUT2D eigenvalue weighted by atomic mass is 10.0. The number of rotatable bonds is 4. The number of ether oxygens (including phenoxy) is 1. The molecule has 0 saturated carbocycles. The lowest BCUT2D eigenvalue weighted by molar-refractivity contribution is -0.121. The van der Waals surface area contributed by atoms with E-state index < -0.39 is 0 Å². The third kappa shape index (κ3) is 3.85. The Morgan fingerprint density at radius 3 is 2.56 bits per heavy atom. The fourth-order valence-electron chi connectivity index (χ4n) is 2.61. The van der Waals surface area contributed by atoms with Gasteiger partial charge in [0.05, 0.1) is 18.5 Å². The van der Waals surface area contributed by atoms with Crippen LogP contribution in [0.25, 0.3) is 0 Å². The molecule has 1 aliphatic rings. The zero-order chi connectivity index (χ0) is 17.8. The highest BCUT2D eigenvalue weighted by Gasteiger charge is 2.13. The van der Waals surface area contributed by atoms with Crippen LogP contribution in [0.15, 0.2) is 52.6 Å². The average molecular weight is 337 g/mol. The van der Waals surface area contributed by atoms with E-state index in [2.05, 4.69) is 15.5 Å². The summed E-state index contributed by atoms with van der Waals surface area (Å²) in [6.45, 7) is 1.84. The van der Waals surface area contributed by atoms with Gasteiger partial charge in [-0.15, -0.1) is 0 Å². The number of carbonyl (C=O) groups is 1. The number of aromatic hydroxyl groups is 1. The number of hydrazone groups is 1. The lowest BCUT2D eigenvalue weighted by Gasteiger charge is -2.12. The van der Waals surface area contributed by atoms with Crippen LogP contribution in [0.3, 0.4) is 0 Å². The highest BCUT2D eigenvalue weighted by Crippen LogP contribution is 2.25. The van der Waals surface area contributed by atoms with Gasteiger partial charge in [-0.25, -0.2) is 5.43 Å². The third-order valence-electron chi connectivity index (χ3n) is 4.00. The van der Waals surface area contributed by atoms with Crippen molar-refractivity contribution in [3.05, 3.63) is 53.6 Å². The van der Waals surface area contributed by atoms with Gasteiger partial charge in [0, 0.05) is 30.2 Å². The maximum absolute atomic E-state index is 11.2. The second kappa shape index (κ2) is 7.17. The number of hydrogen-bond donors (Lipinski definition) is 2. The SMILES string of the molecule is COc1ccc(C(C)=Nc2ccc(C3=NNC(=O)CC3)cc2)c(O)c1. The summed E-state index contributed by atoms with van der Waals surface area (Å²) in [7, 11) is 1.55. The van der Waals surface area contributed by atoms with Gasteiger partial charge in [0.15, 0.2) is 0 Å². The zero-order valence-corrected chi connectivity index (χ0v) is 14.1. The number of phenols is 1. The molecule has 0 fully saturated rings. The van der Waals surface area contributed by atoms with Crippen LogP contribution in [-0.2, 0) is 4.79 Å². The smallest absolute Gasteiger partial charge is 0.240 e. The number of benzene rings is 2. The first-order chi connectivity index (χ1) is 12.1. The van der Waals surface area contributed by atoms with E-state index in [1.165, 1.54) is 0 Å². The molecular weight excluding hydrogens is 318 g/mol. The molecule has 0 aliphatic carbocycles. The number of carbonyl (C=O) groups excluding carboxylic acids is 1. The van der Waals surface area contributed by atoms with E-state index in [0.29, 0.717) is 29.9 Å². The number of nitrogens with zero attached hydrogens (tertiary/aromatic N) is 2.